The predicted molar refractivity (Wildman–Crippen MR) is 62.2 cm³/mol. The number of thiophene rings is 1. The van der Waals surface area contributed by atoms with Crippen molar-refractivity contribution in [1.82, 2.24) is 4.90 Å². The Labute approximate surface area is 94.5 Å². The summed E-state index contributed by atoms with van der Waals surface area (Å²) < 4.78 is 0. The summed E-state index contributed by atoms with van der Waals surface area (Å²) in [5.41, 5.74) is 0.600. The van der Waals surface area contributed by atoms with Gasteiger partial charge in [0, 0.05) is 24.0 Å². The zero-order valence-corrected chi connectivity index (χ0v) is 9.89. The average Bonchev–Trinajstić information content (AvgIpc) is 2.85. The highest BCUT2D eigenvalue weighted by Crippen LogP contribution is 2.40. The third-order valence-electron chi connectivity index (χ3n) is 3.70. The van der Waals surface area contributed by atoms with E-state index >= 15 is 0 Å². The van der Waals surface area contributed by atoms with Crippen LogP contribution in [0.5, 0.6) is 0 Å². The van der Waals surface area contributed by atoms with Gasteiger partial charge in [-0.3, -0.25) is 4.90 Å². The van der Waals surface area contributed by atoms with E-state index in [9.17, 15) is 5.11 Å². The molecule has 2 nitrogen and oxygen atoms in total. The number of β-amino-alcohol motifs (C(OH)–C–C–N with tert-alkyl or cyclic N) is 1. The molecule has 1 aromatic rings. The first-order valence-electron chi connectivity index (χ1n) is 5.70. The van der Waals surface area contributed by atoms with Crippen LogP contribution in [0.15, 0.2) is 11.4 Å². The first-order valence-corrected chi connectivity index (χ1v) is 6.58. The average molecular weight is 223 g/mol. The molecule has 1 aromatic heterocycles. The Bertz CT molecular complexity index is 371. The van der Waals surface area contributed by atoms with E-state index < -0.39 is 5.60 Å². The molecule has 3 rings (SSSR count). The molecular weight excluding hydrogens is 206 g/mol. The monoisotopic (exact) mass is 223 g/mol. The van der Waals surface area contributed by atoms with Gasteiger partial charge in [0.15, 0.2) is 0 Å². The molecule has 82 valence electrons. The Kier molecular flexibility index (Phi) is 2.16. The van der Waals surface area contributed by atoms with Crippen LogP contribution in [0.1, 0.15) is 29.7 Å². The van der Waals surface area contributed by atoms with Gasteiger partial charge in [-0.2, -0.15) is 0 Å². The normalized spacial score (nSPS) is 32.4. The summed E-state index contributed by atoms with van der Waals surface area (Å²) in [4.78, 5) is 3.73. The number of likely N-dealkylation sites (tertiary alicyclic amines) is 1. The van der Waals surface area contributed by atoms with E-state index in [-0.39, 0.29) is 0 Å². The highest BCUT2D eigenvalue weighted by molar-refractivity contribution is 7.10. The Balaban J connectivity index is 1.83. The van der Waals surface area contributed by atoms with Gasteiger partial charge < -0.3 is 5.11 Å². The number of rotatable bonds is 2. The van der Waals surface area contributed by atoms with Gasteiger partial charge in [-0.05, 0) is 43.2 Å². The standard InChI is InChI=1S/C12H17NOS/c1-9-11(4-7-15-9)12(14)5-6-13(8-12)10-2-3-10/h4,7,10,14H,2-3,5-6,8H2,1H3. The summed E-state index contributed by atoms with van der Waals surface area (Å²) in [5.74, 6) is 0. The van der Waals surface area contributed by atoms with Crippen molar-refractivity contribution in [3.05, 3.63) is 21.9 Å². The summed E-state index contributed by atoms with van der Waals surface area (Å²) in [7, 11) is 0. The van der Waals surface area contributed by atoms with Gasteiger partial charge in [0.05, 0.1) is 0 Å². The third-order valence-corrected chi connectivity index (χ3v) is 4.55. The van der Waals surface area contributed by atoms with Crippen molar-refractivity contribution in [2.24, 2.45) is 0 Å². The van der Waals surface area contributed by atoms with Crippen LogP contribution < -0.4 is 0 Å². The molecule has 1 unspecified atom stereocenters. The van der Waals surface area contributed by atoms with Crippen LogP contribution in [0.25, 0.3) is 0 Å². The number of aryl methyl sites for hydroxylation is 1. The van der Waals surface area contributed by atoms with Crippen LogP contribution in [0.4, 0.5) is 0 Å². The SMILES string of the molecule is Cc1sccc1C1(O)CCN(C2CC2)C1. The van der Waals surface area contributed by atoms with Crippen LogP contribution in [-0.4, -0.2) is 29.1 Å². The fraction of sp³-hybridized carbons (Fsp3) is 0.667. The van der Waals surface area contributed by atoms with Crippen molar-refractivity contribution in [2.75, 3.05) is 13.1 Å². The fourth-order valence-electron chi connectivity index (χ4n) is 2.66. The van der Waals surface area contributed by atoms with Crippen molar-refractivity contribution in [3.8, 4) is 0 Å². The number of aliphatic hydroxyl groups is 1. The molecule has 1 saturated carbocycles. The second kappa shape index (κ2) is 3.30. The predicted octanol–water partition coefficient (Wildman–Crippen LogP) is 2.11. The molecule has 0 aromatic carbocycles. The molecule has 1 N–H and O–H groups in total. The minimum atomic E-state index is -0.563. The van der Waals surface area contributed by atoms with Crippen LogP contribution in [-0.2, 0) is 5.60 Å². The molecule has 2 heterocycles. The van der Waals surface area contributed by atoms with Gasteiger partial charge in [0.1, 0.15) is 5.60 Å². The molecule has 2 fully saturated rings. The lowest BCUT2D eigenvalue weighted by atomic mass is 9.94. The van der Waals surface area contributed by atoms with Gasteiger partial charge in [-0.25, -0.2) is 0 Å². The topological polar surface area (TPSA) is 23.5 Å². The first kappa shape index (κ1) is 9.82. The minimum absolute atomic E-state index is 0.563. The molecule has 2 aliphatic rings. The maximum atomic E-state index is 10.6. The molecule has 3 heteroatoms. The number of hydrogen-bond acceptors (Lipinski definition) is 3. The smallest absolute Gasteiger partial charge is 0.105 e. The quantitative estimate of drug-likeness (QED) is 0.830. The molecule has 0 amide bonds. The Hall–Kier alpha value is -0.380. The third kappa shape index (κ3) is 1.63. The van der Waals surface area contributed by atoms with Crippen molar-refractivity contribution >= 4 is 11.3 Å². The van der Waals surface area contributed by atoms with Crippen LogP contribution in [0.3, 0.4) is 0 Å². The largest absolute Gasteiger partial charge is 0.384 e. The molecule has 1 aliphatic carbocycles. The maximum Gasteiger partial charge on any atom is 0.105 e. The Morgan fingerprint density at radius 3 is 2.93 bits per heavy atom. The lowest BCUT2D eigenvalue weighted by Crippen LogP contribution is -2.31. The van der Waals surface area contributed by atoms with Gasteiger partial charge in [-0.1, -0.05) is 0 Å². The van der Waals surface area contributed by atoms with Gasteiger partial charge in [-0.15, -0.1) is 11.3 Å². The highest BCUT2D eigenvalue weighted by atomic mass is 32.1. The second-order valence-electron chi connectivity index (χ2n) is 4.87. The molecule has 1 aliphatic heterocycles. The molecular formula is C12H17NOS. The summed E-state index contributed by atoms with van der Waals surface area (Å²) in [5, 5.41) is 12.7. The molecule has 1 saturated heterocycles. The van der Waals surface area contributed by atoms with Crippen LogP contribution in [0, 0.1) is 6.92 Å². The van der Waals surface area contributed by atoms with E-state index in [0.29, 0.717) is 0 Å². The van der Waals surface area contributed by atoms with Gasteiger partial charge in [0.2, 0.25) is 0 Å². The summed E-state index contributed by atoms with van der Waals surface area (Å²) in [6.07, 6.45) is 3.57. The molecule has 0 spiro atoms. The van der Waals surface area contributed by atoms with Gasteiger partial charge in [0.25, 0.3) is 0 Å². The van der Waals surface area contributed by atoms with Crippen LogP contribution >= 0.6 is 11.3 Å². The number of nitrogens with zero attached hydrogens (tertiary/aromatic N) is 1. The molecule has 0 radical (unpaired) electrons. The van der Waals surface area contributed by atoms with E-state index in [4.69, 9.17) is 0 Å². The first-order chi connectivity index (χ1) is 7.19. The zero-order chi connectivity index (χ0) is 10.5. The maximum absolute atomic E-state index is 10.6. The van der Waals surface area contributed by atoms with Crippen molar-refractivity contribution in [2.45, 2.75) is 37.8 Å². The van der Waals surface area contributed by atoms with E-state index in [0.717, 1.165) is 31.1 Å². The molecule has 0 bridgehead atoms. The molecule has 1 atom stereocenters. The Morgan fingerprint density at radius 2 is 2.33 bits per heavy atom. The van der Waals surface area contributed by atoms with Crippen molar-refractivity contribution in [1.29, 1.82) is 0 Å². The lowest BCUT2D eigenvalue weighted by Gasteiger charge is -2.23. The van der Waals surface area contributed by atoms with E-state index in [1.165, 1.54) is 17.7 Å². The second-order valence-corrected chi connectivity index (χ2v) is 5.99. The fourth-order valence-corrected chi connectivity index (χ4v) is 3.45. The Morgan fingerprint density at radius 1 is 1.53 bits per heavy atom. The van der Waals surface area contributed by atoms with Crippen molar-refractivity contribution in [3.63, 3.8) is 0 Å². The lowest BCUT2D eigenvalue weighted by molar-refractivity contribution is 0.0451. The molecule has 15 heavy (non-hydrogen) atoms. The van der Waals surface area contributed by atoms with Crippen molar-refractivity contribution < 1.29 is 5.11 Å². The van der Waals surface area contributed by atoms with E-state index in [1.54, 1.807) is 11.3 Å². The summed E-state index contributed by atoms with van der Waals surface area (Å²) >= 11 is 1.74. The van der Waals surface area contributed by atoms with Gasteiger partial charge >= 0.3 is 0 Å². The highest BCUT2D eigenvalue weighted by Gasteiger charge is 2.43. The van der Waals surface area contributed by atoms with E-state index in [1.807, 2.05) is 0 Å². The number of hydrogen-bond donors (Lipinski definition) is 1. The zero-order valence-electron chi connectivity index (χ0n) is 9.07. The van der Waals surface area contributed by atoms with E-state index in [2.05, 4.69) is 23.3 Å². The summed E-state index contributed by atoms with van der Waals surface area (Å²) in [6.45, 7) is 4.02. The van der Waals surface area contributed by atoms with Crippen LogP contribution in [0.2, 0.25) is 0 Å². The summed E-state index contributed by atoms with van der Waals surface area (Å²) in [6, 6.07) is 2.87. The minimum Gasteiger partial charge on any atom is -0.384 e.